The first kappa shape index (κ1) is 13.3. The summed E-state index contributed by atoms with van der Waals surface area (Å²) in [4.78, 5) is 11.7. The molecule has 0 aliphatic rings. The molecule has 0 saturated carbocycles. The van der Waals surface area contributed by atoms with Crippen molar-refractivity contribution in [1.82, 2.24) is 9.97 Å². The molecule has 7 heteroatoms. The number of hydrogen-bond donors (Lipinski definition) is 2. The predicted octanol–water partition coefficient (Wildman–Crippen LogP) is 1.83. The fourth-order valence-corrected chi connectivity index (χ4v) is 2.43. The van der Waals surface area contributed by atoms with Gasteiger partial charge in [0.05, 0.1) is 6.04 Å². The number of rotatable bonds is 4. The minimum Gasteiger partial charge on any atom is -0.409 e. The highest BCUT2D eigenvalue weighted by Crippen LogP contribution is 2.25. The zero-order valence-corrected chi connectivity index (χ0v) is 11.5. The lowest BCUT2D eigenvalue weighted by Crippen LogP contribution is -2.24. The summed E-state index contributed by atoms with van der Waals surface area (Å²) in [5.41, 5.74) is 5.93. The third-order valence-electron chi connectivity index (χ3n) is 2.86. The zero-order valence-electron chi connectivity index (χ0n) is 10.7. The van der Waals surface area contributed by atoms with Crippen LogP contribution in [0.25, 0.3) is 0 Å². The van der Waals surface area contributed by atoms with Gasteiger partial charge in [0.15, 0.2) is 5.84 Å². The Balaban J connectivity index is 2.26. The third kappa shape index (κ3) is 2.82. The Kier molecular flexibility index (Phi) is 3.96. The number of anilines is 1. The van der Waals surface area contributed by atoms with E-state index in [0.717, 1.165) is 0 Å². The van der Waals surface area contributed by atoms with E-state index in [9.17, 15) is 0 Å². The van der Waals surface area contributed by atoms with Crippen LogP contribution < -0.4 is 10.6 Å². The second-order valence-electron chi connectivity index (χ2n) is 4.03. The molecule has 1 atom stereocenters. The van der Waals surface area contributed by atoms with Crippen molar-refractivity contribution in [2.24, 2.45) is 10.9 Å². The first-order valence-electron chi connectivity index (χ1n) is 5.70. The van der Waals surface area contributed by atoms with Gasteiger partial charge >= 0.3 is 0 Å². The van der Waals surface area contributed by atoms with E-state index in [4.69, 9.17) is 10.9 Å². The van der Waals surface area contributed by atoms with Crippen molar-refractivity contribution in [2.75, 3.05) is 11.9 Å². The van der Waals surface area contributed by atoms with E-state index in [2.05, 4.69) is 28.1 Å². The molecule has 2 aromatic rings. The van der Waals surface area contributed by atoms with Gasteiger partial charge in [-0.05, 0) is 24.4 Å². The Bertz CT molecular complexity index is 569. The quantitative estimate of drug-likeness (QED) is 0.385. The first-order chi connectivity index (χ1) is 9.13. The van der Waals surface area contributed by atoms with Crippen molar-refractivity contribution < 1.29 is 5.21 Å². The fourth-order valence-electron chi connectivity index (χ4n) is 1.61. The molecule has 0 spiro atoms. The van der Waals surface area contributed by atoms with Crippen molar-refractivity contribution >= 4 is 23.1 Å². The summed E-state index contributed by atoms with van der Waals surface area (Å²) >= 11 is 1.68. The van der Waals surface area contributed by atoms with Gasteiger partial charge in [-0.1, -0.05) is 11.2 Å². The maximum atomic E-state index is 8.67. The van der Waals surface area contributed by atoms with Gasteiger partial charge < -0.3 is 15.8 Å². The lowest BCUT2D eigenvalue weighted by atomic mass is 10.2. The summed E-state index contributed by atoms with van der Waals surface area (Å²) in [6.45, 7) is 2.07. The molecular formula is C12H15N5OS. The van der Waals surface area contributed by atoms with Crippen LogP contribution in [0.5, 0.6) is 0 Å². The molecule has 1 unspecified atom stereocenters. The van der Waals surface area contributed by atoms with E-state index in [-0.39, 0.29) is 11.9 Å². The predicted molar refractivity (Wildman–Crippen MR) is 75.7 cm³/mol. The lowest BCUT2D eigenvalue weighted by molar-refractivity contribution is 0.318. The highest BCUT2D eigenvalue weighted by atomic mass is 32.1. The van der Waals surface area contributed by atoms with Crippen LogP contribution in [0.1, 0.15) is 23.5 Å². The minimum absolute atomic E-state index is 0.0270. The average molecular weight is 277 g/mol. The molecule has 0 bridgehead atoms. The number of nitrogens with two attached hydrogens (primary N) is 1. The van der Waals surface area contributed by atoms with Crippen molar-refractivity contribution in [2.45, 2.75) is 13.0 Å². The molecule has 0 aliphatic carbocycles. The smallest absolute Gasteiger partial charge is 0.226 e. The highest BCUT2D eigenvalue weighted by Gasteiger charge is 2.16. The van der Waals surface area contributed by atoms with Crippen LogP contribution in [0.15, 0.2) is 34.9 Å². The molecule has 2 heterocycles. The monoisotopic (exact) mass is 277 g/mol. The van der Waals surface area contributed by atoms with Gasteiger partial charge in [0, 0.05) is 18.1 Å². The largest absolute Gasteiger partial charge is 0.409 e. The van der Waals surface area contributed by atoms with Crippen LogP contribution in [0, 0.1) is 0 Å². The molecule has 0 aromatic carbocycles. The number of amidine groups is 1. The molecule has 100 valence electrons. The molecule has 0 saturated heterocycles. The Morgan fingerprint density at radius 3 is 2.95 bits per heavy atom. The molecule has 0 aliphatic heterocycles. The first-order valence-corrected chi connectivity index (χ1v) is 6.58. The molecule has 6 nitrogen and oxygen atoms in total. The summed E-state index contributed by atoms with van der Waals surface area (Å²) in [5, 5.41) is 13.6. The van der Waals surface area contributed by atoms with Gasteiger partial charge in [0.1, 0.15) is 5.69 Å². The van der Waals surface area contributed by atoms with E-state index in [0.29, 0.717) is 11.6 Å². The fraction of sp³-hybridized carbons (Fsp3) is 0.250. The van der Waals surface area contributed by atoms with Crippen LogP contribution in [0.2, 0.25) is 0 Å². The zero-order chi connectivity index (χ0) is 13.8. The molecule has 19 heavy (non-hydrogen) atoms. The Morgan fingerprint density at radius 2 is 2.32 bits per heavy atom. The number of aromatic nitrogens is 2. The van der Waals surface area contributed by atoms with E-state index >= 15 is 0 Å². The topological polar surface area (TPSA) is 87.6 Å². The molecule has 2 rings (SSSR count). The Morgan fingerprint density at radius 1 is 1.53 bits per heavy atom. The molecule has 0 amide bonds. The van der Waals surface area contributed by atoms with E-state index in [1.807, 2.05) is 23.4 Å². The van der Waals surface area contributed by atoms with Gasteiger partial charge in [0.25, 0.3) is 0 Å². The van der Waals surface area contributed by atoms with Gasteiger partial charge in [0.2, 0.25) is 5.95 Å². The maximum absolute atomic E-state index is 8.67. The van der Waals surface area contributed by atoms with Gasteiger partial charge in [-0.15, -0.1) is 11.3 Å². The number of nitrogens with zero attached hydrogens (tertiary/aromatic N) is 4. The summed E-state index contributed by atoms with van der Waals surface area (Å²) in [6.07, 6.45) is 1.59. The standard InChI is InChI=1S/C12H15N5OS/c1-8(10-4-3-7-19-10)17(2)12-14-6-5-9(15-12)11(13)16-18/h3-8,18H,1-2H3,(H2,13,16). The van der Waals surface area contributed by atoms with Crippen LogP contribution >= 0.6 is 11.3 Å². The second-order valence-corrected chi connectivity index (χ2v) is 5.01. The van der Waals surface area contributed by atoms with Crippen LogP contribution in [-0.2, 0) is 0 Å². The molecule has 3 N–H and O–H groups in total. The van der Waals surface area contributed by atoms with Crippen LogP contribution in [0.4, 0.5) is 5.95 Å². The normalized spacial score (nSPS) is 13.3. The Labute approximate surface area is 115 Å². The SMILES string of the molecule is CC(c1cccs1)N(C)c1nccc(/C(N)=N/O)n1. The van der Waals surface area contributed by atoms with Gasteiger partial charge in [-0.3, -0.25) is 0 Å². The third-order valence-corrected chi connectivity index (χ3v) is 3.91. The van der Waals surface area contributed by atoms with Crippen molar-refractivity contribution in [1.29, 1.82) is 0 Å². The lowest BCUT2D eigenvalue weighted by Gasteiger charge is -2.24. The van der Waals surface area contributed by atoms with Crippen LogP contribution in [-0.4, -0.2) is 28.1 Å². The molecular weight excluding hydrogens is 262 g/mol. The summed E-state index contributed by atoms with van der Waals surface area (Å²) < 4.78 is 0. The second kappa shape index (κ2) is 5.66. The number of oxime groups is 1. The van der Waals surface area contributed by atoms with Crippen molar-refractivity contribution in [3.8, 4) is 0 Å². The summed E-state index contributed by atoms with van der Waals surface area (Å²) in [5.74, 6) is 0.505. The van der Waals surface area contributed by atoms with Crippen molar-refractivity contribution in [3.05, 3.63) is 40.3 Å². The van der Waals surface area contributed by atoms with E-state index < -0.39 is 0 Å². The highest BCUT2D eigenvalue weighted by molar-refractivity contribution is 7.10. The maximum Gasteiger partial charge on any atom is 0.226 e. The van der Waals surface area contributed by atoms with Crippen LogP contribution in [0.3, 0.4) is 0 Å². The van der Waals surface area contributed by atoms with E-state index in [1.54, 1.807) is 23.6 Å². The van der Waals surface area contributed by atoms with Gasteiger partial charge in [-0.2, -0.15) is 0 Å². The Hall–Kier alpha value is -2.15. The average Bonchev–Trinajstić information content (AvgIpc) is 2.99. The minimum atomic E-state index is -0.0270. The summed E-state index contributed by atoms with van der Waals surface area (Å²) in [6, 6.07) is 5.84. The molecule has 0 fully saturated rings. The molecule has 0 radical (unpaired) electrons. The number of hydrogen-bond acceptors (Lipinski definition) is 6. The molecule has 2 aromatic heterocycles. The van der Waals surface area contributed by atoms with E-state index in [1.165, 1.54) is 4.88 Å². The van der Waals surface area contributed by atoms with Gasteiger partial charge in [-0.25, -0.2) is 9.97 Å². The summed E-state index contributed by atoms with van der Waals surface area (Å²) in [7, 11) is 1.91. The number of thiophene rings is 1. The van der Waals surface area contributed by atoms with Crippen molar-refractivity contribution in [3.63, 3.8) is 0 Å².